The number of benzene rings is 3. The summed E-state index contributed by atoms with van der Waals surface area (Å²) < 4.78 is 0. The number of H-pyrrole nitrogens is 1. The molecule has 0 radical (unpaired) electrons. The number of hydrogen-bond donors (Lipinski definition) is 1. The summed E-state index contributed by atoms with van der Waals surface area (Å²) in [5.74, 6) is 0.175. The van der Waals surface area contributed by atoms with Crippen molar-refractivity contribution in [1.29, 1.82) is 0 Å². The van der Waals surface area contributed by atoms with Crippen LogP contribution in [0.2, 0.25) is 0 Å². The molecule has 1 N–H and O–H groups in total. The Labute approximate surface area is 183 Å². The van der Waals surface area contributed by atoms with Gasteiger partial charge in [0.25, 0.3) is 0 Å². The van der Waals surface area contributed by atoms with Crippen LogP contribution in [0.25, 0.3) is 10.9 Å². The van der Waals surface area contributed by atoms with Crippen LogP contribution in [0.15, 0.2) is 84.9 Å². The number of nitrogens with zero attached hydrogens (tertiary/aromatic N) is 2. The SMILES string of the molecule is Cc1[nH]c2ccccc2c1C(=O)[C@@H](c1ccccc1)N1CCN(c2ccccc2)CC1. The van der Waals surface area contributed by atoms with E-state index in [9.17, 15) is 4.79 Å². The number of aromatic amines is 1. The van der Waals surface area contributed by atoms with Gasteiger partial charge in [0.05, 0.1) is 6.04 Å². The number of aryl methyl sites for hydroxylation is 1. The quantitative estimate of drug-likeness (QED) is 0.459. The van der Waals surface area contributed by atoms with Gasteiger partial charge in [-0.1, -0.05) is 66.7 Å². The van der Waals surface area contributed by atoms with E-state index in [1.807, 2.05) is 55.5 Å². The lowest BCUT2D eigenvalue weighted by Gasteiger charge is -2.40. The number of fused-ring (bicyclic) bond motifs is 1. The molecular weight excluding hydrogens is 382 g/mol. The highest BCUT2D eigenvalue weighted by Gasteiger charge is 2.33. The highest BCUT2D eigenvalue weighted by Crippen LogP contribution is 2.32. The number of ketones is 1. The fraction of sp³-hybridized carbons (Fsp3) is 0.222. The monoisotopic (exact) mass is 409 g/mol. The number of para-hydroxylation sites is 2. The van der Waals surface area contributed by atoms with Crippen molar-refractivity contribution >= 4 is 22.4 Å². The van der Waals surface area contributed by atoms with Gasteiger partial charge in [-0.3, -0.25) is 9.69 Å². The fourth-order valence-corrected chi connectivity index (χ4v) is 4.77. The number of carbonyl (C=O) groups is 1. The van der Waals surface area contributed by atoms with Crippen LogP contribution in [0.1, 0.15) is 27.7 Å². The molecule has 4 aromatic rings. The number of nitrogens with one attached hydrogen (secondary N) is 1. The minimum Gasteiger partial charge on any atom is -0.369 e. The maximum Gasteiger partial charge on any atom is 0.186 e. The van der Waals surface area contributed by atoms with Crippen LogP contribution in [0, 0.1) is 6.92 Å². The molecule has 2 heterocycles. The topological polar surface area (TPSA) is 39.3 Å². The van der Waals surface area contributed by atoms with Gasteiger partial charge in [0, 0.05) is 54.0 Å². The summed E-state index contributed by atoms with van der Waals surface area (Å²) in [6.45, 7) is 5.52. The Balaban J connectivity index is 1.47. The zero-order chi connectivity index (χ0) is 21.2. The maximum absolute atomic E-state index is 14.0. The number of aromatic nitrogens is 1. The molecule has 1 saturated heterocycles. The average Bonchev–Trinajstić information content (AvgIpc) is 3.16. The molecule has 0 bridgehead atoms. The molecule has 4 heteroatoms. The second-order valence-corrected chi connectivity index (χ2v) is 8.21. The molecule has 1 aliphatic heterocycles. The Kier molecular flexibility index (Phi) is 5.31. The number of Topliss-reactive ketones (excluding diaryl/α,β-unsaturated/α-hetero) is 1. The van der Waals surface area contributed by atoms with Crippen LogP contribution >= 0.6 is 0 Å². The molecule has 4 nitrogen and oxygen atoms in total. The first-order chi connectivity index (χ1) is 15.2. The van der Waals surface area contributed by atoms with Gasteiger partial charge in [0.1, 0.15) is 0 Å². The van der Waals surface area contributed by atoms with Gasteiger partial charge in [0.2, 0.25) is 0 Å². The lowest BCUT2D eigenvalue weighted by molar-refractivity contribution is 0.0807. The van der Waals surface area contributed by atoms with Gasteiger partial charge < -0.3 is 9.88 Å². The second kappa shape index (κ2) is 8.40. The largest absolute Gasteiger partial charge is 0.369 e. The van der Waals surface area contributed by atoms with E-state index < -0.39 is 0 Å². The molecule has 3 aromatic carbocycles. The molecule has 5 rings (SSSR count). The van der Waals surface area contributed by atoms with E-state index >= 15 is 0 Å². The maximum atomic E-state index is 14.0. The lowest BCUT2D eigenvalue weighted by atomic mass is 9.93. The summed E-state index contributed by atoms with van der Waals surface area (Å²) in [6, 6.07) is 28.6. The van der Waals surface area contributed by atoms with Crippen molar-refractivity contribution in [3.8, 4) is 0 Å². The van der Waals surface area contributed by atoms with Crippen LogP contribution in [0.3, 0.4) is 0 Å². The van der Waals surface area contributed by atoms with Crippen molar-refractivity contribution in [3.05, 3.63) is 102 Å². The summed E-state index contributed by atoms with van der Waals surface area (Å²) in [5, 5.41) is 1.01. The van der Waals surface area contributed by atoms with Crippen LogP contribution in [-0.4, -0.2) is 41.8 Å². The molecule has 0 unspecified atom stereocenters. The molecule has 31 heavy (non-hydrogen) atoms. The van der Waals surface area contributed by atoms with E-state index in [0.717, 1.165) is 53.9 Å². The predicted molar refractivity (Wildman–Crippen MR) is 127 cm³/mol. The molecule has 0 spiro atoms. The minimum absolute atomic E-state index is 0.175. The van der Waals surface area contributed by atoms with Gasteiger partial charge in [-0.2, -0.15) is 0 Å². The zero-order valence-electron chi connectivity index (χ0n) is 17.8. The molecule has 156 valence electrons. The van der Waals surface area contributed by atoms with E-state index in [-0.39, 0.29) is 11.8 Å². The third-order valence-electron chi connectivity index (χ3n) is 6.30. The molecule has 1 atom stereocenters. The van der Waals surface area contributed by atoms with E-state index in [2.05, 4.69) is 51.2 Å². The van der Waals surface area contributed by atoms with E-state index in [0.29, 0.717) is 0 Å². The molecule has 1 aromatic heterocycles. The van der Waals surface area contributed by atoms with Crippen LogP contribution in [-0.2, 0) is 0 Å². The van der Waals surface area contributed by atoms with E-state index in [1.54, 1.807) is 0 Å². The Hall–Kier alpha value is -3.37. The van der Waals surface area contributed by atoms with Gasteiger partial charge in [-0.15, -0.1) is 0 Å². The number of anilines is 1. The zero-order valence-corrected chi connectivity index (χ0v) is 17.8. The van der Waals surface area contributed by atoms with Crippen molar-refractivity contribution in [2.45, 2.75) is 13.0 Å². The Morgan fingerprint density at radius 3 is 2.13 bits per heavy atom. The van der Waals surface area contributed by atoms with Gasteiger partial charge in [0.15, 0.2) is 5.78 Å². The first-order valence-corrected chi connectivity index (χ1v) is 10.9. The van der Waals surface area contributed by atoms with Gasteiger partial charge in [-0.25, -0.2) is 0 Å². The smallest absolute Gasteiger partial charge is 0.186 e. The Morgan fingerprint density at radius 2 is 1.42 bits per heavy atom. The van der Waals surface area contributed by atoms with Crippen molar-refractivity contribution in [1.82, 2.24) is 9.88 Å². The first kappa shape index (κ1) is 19.6. The normalized spacial score (nSPS) is 15.8. The lowest BCUT2D eigenvalue weighted by Crippen LogP contribution is -2.49. The minimum atomic E-state index is -0.281. The third-order valence-corrected chi connectivity index (χ3v) is 6.30. The van der Waals surface area contributed by atoms with Crippen LogP contribution < -0.4 is 4.90 Å². The number of carbonyl (C=O) groups excluding carboxylic acids is 1. The molecule has 1 fully saturated rings. The fourth-order valence-electron chi connectivity index (χ4n) is 4.77. The number of piperazine rings is 1. The summed E-state index contributed by atoms with van der Waals surface area (Å²) >= 11 is 0. The number of hydrogen-bond acceptors (Lipinski definition) is 3. The average molecular weight is 410 g/mol. The van der Waals surface area contributed by atoms with Gasteiger partial charge in [-0.05, 0) is 30.7 Å². The summed E-state index contributed by atoms with van der Waals surface area (Å²) in [4.78, 5) is 22.2. The molecule has 0 saturated carbocycles. The van der Waals surface area contributed by atoms with Crippen molar-refractivity contribution in [2.24, 2.45) is 0 Å². The second-order valence-electron chi connectivity index (χ2n) is 8.21. The van der Waals surface area contributed by atoms with Crippen molar-refractivity contribution in [3.63, 3.8) is 0 Å². The summed E-state index contributed by atoms with van der Waals surface area (Å²) in [5.41, 5.74) is 5.08. The third kappa shape index (κ3) is 3.75. The van der Waals surface area contributed by atoms with Crippen LogP contribution in [0.4, 0.5) is 5.69 Å². The molecular formula is C27H27N3O. The summed E-state index contributed by atoms with van der Waals surface area (Å²) in [6.07, 6.45) is 0. The highest BCUT2D eigenvalue weighted by atomic mass is 16.1. The van der Waals surface area contributed by atoms with E-state index in [4.69, 9.17) is 0 Å². The van der Waals surface area contributed by atoms with Gasteiger partial charge >= 0.3 is 0 Å². The highest BCUT2D eigenvalue weighted by molar-refractivity contribution is 6.11. The number of rotatable bonds is 5. The Morgan fingerprint density at radius 1 is 0.806 bits per heavy atom. The van der Waals surface area contributed by atoms with Crippen molar-refractivity contribution in [2.75, 3.05) is 31.1 Å². The van der Waals surface area contributed by atoms with Crippen LogP contribution in [0.5, 0.6) is 0 Å². The standard InChI is InChI=1S/C27H27N3O/c1-20-25(23-14-8-9-15-24(23)28-20)27(31)26(21-10-4-2-5-11-21)30-18-16-29(17-19-30)22-12-6-3-7-13-22/h2-15,26,28H,16-19H2,1H3/t26-/m1/s1. The molecule has 0 aliphatic carbocycles. The predicted octanol–water partition coefficient (Wildman–Crippen LogP) is 5.22. The van der Waals surface area contributed by atoms with Crippen molar-refractivity contribution < 1.29 is 4.79 Å². The first-order valence-electron chi connectivity index (χ1n) is 10.9. The van der Waals surface area contributed by atoms with E-state index in [1.165, 1.54) is 5.69 Å². The molecule has 1 aliphatic rings. The Bertz CT molecular complexity index is 1180. The summed E-state index contributed by atoms with van der Waals surface area (Å²) in [7, 11) is 0. The molecule has 0 amide bonds.